The lowest BCUT2D eigenvalue weighted by Gasteiger charge is -2.27. The number of nitro groups is 1. The quantitative estimate of drug-likeness (QED) is 0.495. The molecule has 0 aromatic carbocycles. The second-order valence-electron chi connectivity index (χ2n) is 5.85. The predicted octanol–water partition coefficient (Wildman–Crippen LogP) is 2.62. The van der Waals surface area contributed by atoms with Crippen molar-refractivity contribution < 1.29 is 10.0 Å². The number of aliphatic hydroxyl groups is 1. The van der Waals surface area contributed by atoms with Crippen LogP contribution in [0.15, 0.2) is 0 Å². The minimum absolute atomic E-state index is 0.00840. The smallest absolute Gasteiger partial charge is 0.333 e. The van der Waals surface area contributed by atoms with Crippen LogP contribution in [0.5, 0.6) is 0 Å². The van der Waals surface area contributed by atoms with E-state index in [0.717, 1.165) is 38.5 Å². The topological polar surface area (TPSA) is 93.2 Å². The third-order valence-electron chi connectivity index (χ3n) is 4.20. The van der Waals surface area contributed by atoms with Gasteiger partial charge < -0.3 is 10.4 Å². The molecule has 0 atom stereocenters. The van der Waals surface area contributed by atoms with Gasteiger partial charge in [-0.2, -0.15) is 5.10 Å². The van der Waals surface area contributed by atoms with Crippen molar-refractivity contribution in [3.8, 4) is 0 Å². The molecule has 1 aliphatic rings. The molecule has 1 aromatic rings. The summed E-state index contributed by atoms with van der Waals surface area (Å²) < 4.78 is 1.59. The average molecular weight is 296 g/mol. The Morgan fingerprint density at radius 2 is 2.00 bits per heavy atom. The van der Waals surface area contributed by atoms with Gasteiger partial charge in [0.25, 0.3) is 0 Å². The summed E-state index contributed by atoms with van der Waals surface area (Å²) in [4.78, 5) is 10.8. The third kappa shape index (κ3) is 3.53. The molecule has 0 saturated heterocycles. The monoisotopic (exact) mass is 296 g/mol. The van der Waals surface area contributed by atoms with Crippen molar-refractivity contribution in [2.45, 2.75) is 64.5 Å². The first-order valence-electron chi connectivity index (χ1n) is 7.65. The van der Waals surface area contributed by atoms with Gasteiger partial charge in [0.15, 0.2) is 0 Å². The molecular weight excluding hydrogens is 272 g/mol. The van der Waals surface area contributed by atoms with Crippen LogP contribution in [0.2, 0.25) is 0 Å². The number of aromatic nitrogens is 2. The Kier molecular flexibility index (Phi) is 4.82. The van der Waals surface area contributed by atoms with Gasteiger partial charge in [-0.3, -0.25) is 10.1 Å². The van der Waals surface area contributed by atoms with Crippen molar-refractivity contribution in [2.24, 2.45) is 0 Å². The Bertz CT molecular complexity index is 505. The molecule has 7 heteroatoms. The molecule has 21 heavy (non-hydrogen) atoms. The number of rotatable bonds is 5. The Hall–Kier alpha value is -1.63. The van der Waals surface area contributed by atoms with Crippen molar-refractivity contribution >= 4 is 11.5 Å². The lowest BCUT2D eigenvalue weighted by atomic mass is 9.94. The van der Waals surface area contributed by atoms with Gasteiger partial charge in [0.2, 0.25) is 5.82 Å². The number of hydrogen-bond donors (Lipinski definition) is 2. The highest BCUT2D eigenvalue weighted by molar-refractivity contribution is 5.59. The Morgan fingerprint density at radius 1 is 1.38 bits per heavy atom. The highest BCUT2D eigenvalue weighted by Crippen LogP contribution is 2.31. The minimum Gasteiger partial charge on any atom is -0.388 e. The summed E-state index contributed by atoms with van der Waals surface area (Å²) in [5, 5.41) is 29.1. The maximum Gasteiger partial charge on any atom is 0.333 e. The van der Waals surface area contributed by atoms with Gasteiger partial charge >= 0.3 is 5.69 Å². The van der Waals surface area contributed by atoms with Crippen LogP contribution in [0.25, 0.3) is 0 Å². The second-order valence-corrected chi connectivity index (χ2v) is 5.85. The SMILES string of the molecule is CCn1nc(C)c([N+](=O)[O-])c1NCC1(O)CCCCCC1. The fourth-order valence-corrected chi connectivity index (χ4v) is 3.01. The average Bonchev–Trinajstić information content (AvgIpc) is 2.60. The number of nitrogens with zero attached hydrogens (tertiary/aromatic N) is 3. The van der Waals surface area contributed by atoms with Crippen molar-refractivity contribution in [1.82, 2.24) is 9.78 Å². The summed E-state index contributed by atoms with van der Waals surface area (Å²) in [7, 11) is 0. The van der Waals surface area contributed by atoms with Crippen molar-refractivity contribution in [3.05, 3.63) is 15.8 Å². The summed E-state index contributed by atoms with van der Waals surface area (Å²) in [6, 6.07) is 0. The molecule has 0 spiro atoms. The Balaban J connectivity index is 2.17. The van der Waals surface area contributed by atoms with Crippen LogP contribution in [0, 0.1) is 17.0 Å². The van der Waals surface area contributed by atoms with E-state index in [1.54, 1.807) is 11.6 Å². The van der Waals surface area contributed by atoms with Gasteiger partial charge in [0.05, 0.1) is 10.5 Å². The first-order chi connectivity index (χ1) is 9.97. The van der Waals surface area contributed by atoms with E-state index in [-0.39, 0.29) is 5.69 Å². The largest absolute Gasteiger partial charge is 0.388 e. The van der Waals surface area contributed by atoms with E-state index >= 15 is 0 Å². The van der Waals surface area contributed by atoms with Crippen LogP contribution in [0.4, 0.5) is 11.5 Å². The zero-order valence-electron chi connectivity index (χ0n) is 12.8. The van der Waals surface area contributed by atoms with Gasteiger partial charge in [0.1, 0.15) is 5.69 Å². The Morgan fingerprint density at radius 3 is 2.52 bits per heavy atom. The molecule has 2 rings (SSSR count). The van der Waals surface area contributed by atoms with E-state index < -0.39 is 10.5 Å². The lowest BCUT2D eigenvalue weighted by Crippen LogP contribution is -2.36. The van der Waals surface area contributed by atoms with E-state index in [4.69, 9.17) is 0 Å². The molecule has 0 aliphatic heterocycles. The molecule has 1 fully saturated rings. The lowest BCUT2D eigenvalue weighted by molar-refractivity contribution is -0.384. The third-order valence-corrected chi connectivity index (χ3v) is 4.20. The van der Waals surface area contributed by atoms with Gasteiger partial charge in [-0.25, -0.2) is 4.68 Å². The molecule has 0 radical (unpaired) electrons. The van der Waals surface area contributed by atoms with E-state index in [9.17, 15) is 15.2 Å². The predicted molar refractivity (Wildman–Crippen MR) is 80.4 cm³/mol. The van der Waals surface area contributed by atoms with Crippen LogP contribution in [-0.4, -0.2) is 32.0 Å². The van der Waals surface area contributed by atoms with E-state index in [2.05, 4.69) is 10.4 Å². The second kappa shape index (κ2) is 6.43. The number of nitrogens with one attached hydrogen (secondary N) is 1. The van der Waals surface area contributed by atoms with E-state index in [1.807, 2.05) is 6.92 Å². The van der Waals surface area contributed by atoms with Crippen LogP contribution in [0.3, 0.4) is 0 Å². The molecule has 1 aromatic heterocycles. The minimum atomic E-state index is -0.777. The van der Waals surface area contributed by atoms with Gasteiger partial charge in [-0.1, -0.05) is 25.7 Å². The fraction of sp³-hybridized carbons (Fsp3) is 0.786. The highest BCUT2D eigenvalue weighted by atomic mass is 16.6. The van der Waals surface area contributed by atoms with Crippen LogP contribution < -0.4 is 5.32 Å². The molecule has 0 amide bonds. The highest BCUT2D eigenvalue weighted by Gasteiger charge is 2.31. The summed E-state index contributed by atoms with van der Waals surface area (Å²) in [5.74, 6) is 0.401. The molecular formula is C14H24N4O3. The molecule has 1 aliphatic carbocycles. The molecule has 1 heterocycles. The van der Waals surface area contributed by atoms with Crippen LogP contribution in [-0.2, 0) is 6.54 Å². The van der Waals surface area contributed by atoms with Crippen molar-refractivity contribution in [3.63, 3.8) is 0 Å². The fourth-order valence-electron chi connectivity index (χ4n) is 3.01. The van der Waals surface area contributed by atoms with Crippen molar-refractivity contribution in [1.29, 1.82) is 0 Å². The first kappa shape index (κ1) is 15.8. The summed E-state index contributed by atoms with van der Waals surface area (Å²) >= 11 is 0. The standard InChI is InChI=1S/C14H24N4O3/c1-3-17-13(12(18(20)21)11(2)16-17)15-10-14(19)8-6-4-5-7-9-14/h15,19H,3-10H2,1-2H3. The summed E-state index contributed by atoms with van der Waals surface area (Å²) in [5.41, 5.74) is -0.368. The van der Waals surface area contributed by atoms with Crippen LogP contribution in [0.1, 0.15) is 51.1 Å². The van der Waals surface area contributed by atoms with Crippen molar-refractivity contribution in [2.75, 3.05) is 11.9 Å². The first-order valence-corrected chi connectivity index (χ1v) is 7.65. The number of hydrogen-bond acceptors (Lipinski definition) is 5. The van der Waals surface area contributed by atoms with Gasteiger partial charge in [-0.15, -0.1) is 0 Å². The van der Waals surface area contributed by atoms with E-state index in [0.29, 0.717) is 24.6 Å². The Labute approximate surface area is 124 Å². The van der Waals surface area contributed by atoms with Gasteiger partial charge in [-0.05, 0) is 26.7 Å². The maximum absolute atomic E-state index is 11.2. The number of aryl methyl sites for hydroxylation is 2. The molecule has 0 unspecified atom stereocenters. The molecule has 2 N–H and O–H groups in total. The van der Waals surface area contributed by atoms with E-state index in [1.165, 1.54) is 0 Å². The molecule has 7 nitrogen and oxygen atoms in total. The zero-order chi connectivity index (χ0) is 15.5. The van der Waals surface area contributed by atoms with Crippen LogP contribution >= 0.6 is 0 Å². The molecule has 0 bridgehead atoms. The summed E-state index contributed by atoms with van der Waals surface area (Å²) in [6.45, 7) is 4.41. The van der Waals surface area contributed by atoms with Gasteiger partial charge in [0, 0.05) is 13.1 Å². The zero-order valence-corrected chi connectivity index (χ0v) is 12.8. The normalized spacial score (nSPS) is 18.2. The maximum atomic E-state index is 11.2. The molecule has 1 saturated carbocycles. The molecule has 118 valence electrons. The summed E-state index contributed by atoms with van der Waals surface area (Å²) in [6.07, 6.45) is 5.79. The number of anilines is 1.